The quantitative estimate of drug-likeness (QED) is 0.766. The molecule has 0 spiro atoms. The molecule has 0 amide bonds. The maximum atomic E-state index is 12.7. The molecule has 1 N–H and O–H groups in total. The number of aliphatic hydroxyl groups is 1. The number of fused-ring (bicyclic) bond motifs is 1. The molecule has 9 nitrogen and oxygen atoms in total. The van der Waals surface area contributed by atoms with Gasteiger partial charge >= 0.3 is 5.97 Å². The zero-order valence-electron chi connectivity index (χ0n) is 14.4. The molecule has 2 fully saturated rings. The number of benzene rings is 1. The first-order chi connectivity index (χ1) is 13.1. The van der Waals surface area contributed by atoms with Gasteiger partial charge in [0.15, 0.2) is 12.5 Å². The highest BCUT2D eigenvalue weighted by molar-refractivity contribution is 5.86. The molecular formula is C18H18N2O7. The number of carbonyl (C=O) groups is 1. The summed E-state index contributed by atoms with van der Waals surface area (Å²) in [5.41, 5.74) is -0.204. The molecule has 1 aromatic carbocycles. The van der Waals surface area contributed by atoms with E-state index in [1.807, 2.05) is 30.3 Å². The van der Waals surface area contributed by atoms with Crippen molar-refractivity contribution in [3.63, 3.8) is 0 Å². The van der Waals surface area contributed by atoms with Crippen LogP contribution in [0.15, 0.2) is 47.5 Å². The Kier molecular flexibility index (Phi) is 4.75. The van der Waals surface area contributed by atoms with Gasteiger partial charge in [0.2, 0.25) is 5.69 Å². The highest BCUT2D eigenvalue weighted by atomic mass is 16.8. The maximum Gasteiger partial charge on any atom is 0.362 e. The lowest BCUT2D eigenvalue weighted by Crippen LogP contribution is -2.36. The topological polar surface area (TPSA) is 109 Å². The monoisotopic (exact) mass is 374 g/mol. The largest absolute Gasteiger partial charge is 0.464 e. The Labute approximate surface area is 154 Å². The molecule has 5 atom stereocenters. The van der Waals surface area contributed by atoms with Gasteiger partial charge in [-0.25, -0.2) is 9.78 Å². The van der Waals surface area contributed by atoms with Crippen LogP contribution in [-0.2, 0) is 18.9 Å². The molecule has 2 aliphatic rings. The van der Waals surface area contributed by atoms with Crippen LogP contribution < -0.4 is 5.56 Å². The van der Waals surface area contributed by atoms with Crippen LogP contribution in [0.25, 0.3) is 0 Å². The number of hydrogen-bond donors (Lipinski definition) is 1. The predicted molar refractivity (Wildman–Crippen MR) is 89.8 cm³/mol. The van der Waals surface area contributed by atoms with E-state index >= 15 is 0 Å². The van der Waals surface area contributed by atoms with Crippen molar-refractivity contribution >= 4 is 5.97 Å². The third-order valence-corrected chi connectivity index (χ3v) is 4.62. The van der Waals surface area contributed by atoms with Gasteiger partial charge in [0.1, 0.15) is 18.3 Å². The second-order valence-electron chi connectivity index (χ2n) is 6.17. The smallest absolute Gasteiger partial charge is 0.362 e. The SMILES string of the molecule is COC(=O)c1nccn([C@@H]2O[C@H](CO)[C@H]3OC(c4ccccc4)O[C@@H]32)c1=O. The molecule has 0 aliphatic carbocycles. The Bertz CT molecular complexity index is 885. The Morgan fingerprint density at radius 2 is 1.96 bits per heavy atom. The van der Waals surface area contributed by atoms with Crippen molar-refractivity contribution < 1.29 is 28.8 Å². The van der Waals surface area contributed by atoms with Gasteiger partial charge in [-0.1, -0.05) is 30.3 Å². The molecule has 1 aromatic heterocycles. The lowest BCUT2D eigenvalue weighted by Gasteiger charge is -2.21. The number of esters is 1. The fourth-order valence-electron chi connectivity index (χ4n) is 3.34. The molecule has 2 saturated heterocycles. The van der Waals surface area contributed by atoms with Crippen molar-refractivity contribution in [3.05, 3.63) is 64.3 Å². The zero-order chi connectivity index (χ0) is 19.0. The summed E-state index contributed by atoms with van der Waals surface area (Å²) < 4.78 is 23.5. The van der Waals surface area contributed by atoms with Crippen molar-refractivity contribution in [1.29, 1.82) is 0 Å². The Hall–Kier alpha value is -2.59. The Morgan fingerprint density at radius 1 is 1.22 bits per heavy atom. The van der Waals surface area contributed by atoms with E-state index in [0.717, 1.165) is 5.56 Å². The number of aromatic nitrogens is 2. The first-order valence-electron chi connectivity index (χ1n) is 8.41. The molecule has 9 heteroatoms. The Balaban J connectivity index is 1.67. The minimum atomic E-state index is -0.875. The number of carbonyl (C=O) groups excluding carboxylic acids is 1. The van der Waals surface area contributed by atoms with Gasteiger partial charge in [0, 0.05) is 18.0 Å². The number of nitrogens with zero attached hydrogens (tertiary/aromatic N) is 2. The highest BCUT2D eigenvalue weighted by Crippen LogP contribution is 2.43. The van der Waals surface area contributed by atoms with Gasteiger partial charge in [0.05, 0.1) is 13.7 Å². The maximum absolute atomic E-state index is 12.7. The summed E-state index contributed by atoms with van der Waals surface area (Å²) in [7, 11) is 1.17. The second-order valence-corrected chi connectivity index (χ2v) is 6.17. The molecule has 2 aliphatic heterocycles. The fourth-order valence-corrected chi connectivity index (χ4v) is 3.34. The van der Waals surface area contributed by atoms with Gasteiger partial charge in [-0.15, -0.1) is 0 Å². The number of aliphatic hydroxyl groups excluding tert-OH is 1. The average molecular weight is 374 g/mol. The standard InChI is InChI=1S/C18H18N2O7/c1-24-17(23)12-15(22)20(8-7-19-12)16-14-13(11(9-21)25-16)26-18(27-14)10-5-3-2-4-6-10/h2-8,11,13-14,16,18,21H,9H2,1H3/t11-,13-,14+,16-,18?/m1/s1. The average Bonchev–Trinajstić information content (AvgIpc) is 3.28. The molecule has 27 heavy (non-hydrogen) atoms. The van der Waals surface area contributed by atoms with E-state index < -0.39 is 42.4 Å². The molecule has 3 heterocycles. The lowest BCUT2D eigenvalue weighted by molar-refractivity contribution is -0.154. The number of hydrogen-bond acceptors (Lipinski definition) is 8. The first kappa shape index (κ1) is 17.8. The molecule has 0 radical (unpaired) electrons. The van der Waals surface area contributed by atoms with Crippen molar-refractivity contribution in [2.45, 2.75) is 30.8 Å². The Morgan fingerprint density at radius 3 is 2.67 bits per heavy atom. The molecule has 4 rings (SSSR count). The summed E-state index contributed by atoms with van der Waals surface area (Å²) in [6.45, 7) is -0.299. The summed E-state index contributed by atoms with van der Waals surface area (Å²) in [4.78, 5) is 28.2. The third-order valence-electron chi connectivity index (χ3n) is 4.62. The van der Waals surface area contributed by atoms with Crippen molar-refractivity contribution in [1.82, 2.24) is 9.55 Å². The molecule has 0 saturated carbocycles. The minimum Gasteiger partial charge on any atom is -0.464 e. The van der Waals surface area contributed by atoms with Gasteiger partial charge in [-0.05, 0) is 0 Å². The third kappa shape index (κ3) is 3.04. The van der Waals surface area contributed by atoms with Crippen LogP contribution in [0.4, 0.5) is 0 Å². The zero-order valence-corrected chi connectivity index (χ0v) is 14.4. The van der Waals surface area contributed by atoms with Crippen LogP contribution in [0.5, 0.6) is 0 Å². The summed E-state index contributed by atoms with van der Waals surface area (Å²) in [5.74, 6) is -0.839. The summed E-state index contributed by atoms with van der Waals surface area (Å²) in [6.07, 6.45) is -0.683. The van der Waals surface area contributed by atoms with Crippen LogP contribution in [0.2, 0.25) is 0 Å². The summed E-state index contributed by atoms with van der Waals surface area (Å²) in [6, 6.07) is 9.34. The highest BCUT2D eigenvalue weighted by Gasteiger charge is 2.53. The molecular weight excluding hydrogens is 356 g/mol. The second kappa shape index (κ2) is 7.20. The predicted octanol–water partition coefficient (Wildman–Crippen LogP) is 0.402. The van der Waals surface area contributed by atoms with E-state index in [2.05, 4.69) is 9.72 Å². The molecule has 1 unspecified atom stereocenters. The van der Waals surface area contributed by atoms with Crippen LogP contribution in [0.3, 0.4) is 0 Å². The summed E-state index contributed by atoms with van der Waals surface area (Å²) >= 11 is 0. The van der Waals surface area contributed by atoms with Gasteiger partial charge in [-0.2, -0.15) is 0 Å². The van der Waals surface area contributed by atoms with E-state index in [0.29, 0.717) is 0 Å². The van der Waals surface area contributed by atoms with Crippen LogP contribution >= 0.6 is 0 Å². The number of rotatable bonds is 4. The van der Waals surface area contributed by atoms with E-state index in [-0.39, 0.29) is 12.3 Å². The minimum absolute atomic E-state index is 0.299. The van der Waals surface area contributed by atoms with E-state index in [1.54, 1.807) is 0 Å². The van der Waals surface area contributed by atoms with Crippen LogP contribution in [0, 0.1) is 0 Å². The summed E-state index contributed by atoms with van der Waals surface area (Å²) in [5, 5.41) is 9.65. The fraction of sp³-hybridized carbons (Fsp3) is 0.389. The number of ether oxygens (including phenoxy) is 4. The van der Waals surface area contributed by atoms with Crippen molar-refractivity contribution in [3.8, 4) is 0 Å². The molecule has 0 bridgehead atoms. The van der Waals surface area contributed by atoms with E-state index in [4.69, 9.17) is 14.2 Å². The number of methoxy groups -OCH3 is 1. The van der Waals surface area contributed by atoms with E-state index in [1.165, 1.54) is 24.1 Å². The van der Waals surface area contributed by atoms with Crippen molar-refractivity contribution in [2.75, 3.05) is 13.7 Å². The van der Waals surface area contributed by atoms with Crippen LogP contribution in [-0.4, -0.2) is 52.7 Å². The van der Waals surface area contributed by atoms with E-state index in [9.17, 15) is 14.7 Å². The van der Waals surface area contributed by atoms with Gasteiger partial charge < -0.3 is 24.1 Å². The van der Waals surface area contributed by atoms with Gasteiger partial charge in [-0.3, -0.25) is 9.36 Å². The van der Waals surface area contributed by atoms with Gasteiger partial charge in [0.25, 0.3) is 5.56 Å². The van der Waals surface area contributed by atoms with Crippen LogP contribution in [0.1, 0.15) is 28.6 Å². The normalized spacial score (nSPS) is 29.5. The molecule has 2 aromatic rings. The lowest BCUT2D eigenvalue weighted by atomic mass is 10.1. The first-order valence-corrected chi connectivity index (χ1v) is 8.41. The molecule has 142 valence electrons. The van der Waals surface area contributed by atoms with Crippen molar-refractivity contribution in [2.24, 2.45) is 0 Å².